The van der Waals surface area contributed by atoms with Gasteiger partial charge in [0.2, 0.25) is 5.89 Å². The van der Waals surface area contributed by atoms with E-state index in [1.807, 2.05) is 12.3 Å². The Morgan fingerprint density at radius 2 is 2.44 bits per heavy atom. The van der Waals surface area contributed by atoms with Gasteiger partial charge in [0.1, 0.15) is 0 Å². The lowest BCUT2D eigenvalue weighted by Crippen LogP contribution is -2.10. The molecular weight excluding hydrogens is 248 g/mol. The van der Waals surface area contributed by atoms with E-state index in [1.54, 1.807) is 11.3 Å². The van der Waals surface area contributed by atoms with E-state index in [9.17, 15) is 0 Å². The largest absolute Gasteiger partial charge is 0.339 e. The van der Waals surface area contributed by atoms with Gasteiger partial charge in [-0.25, -0.2) is 4.98 Å². The Balaban J connectivity index is 1.62. The summed E-state index contributed by atoms with van der Waals surface area (Å²) >= 11 is 1.65. The van der Waals surface area contributed by atoms with E-state index >= 15 is 0 Å². The van der Waals surface area contributed by atoms with E-state index in [4.69, 9.17) is 4.52 Å². The maximum absolute atomic E-state index is 5.29. The second-order valence-electron chi connectivity index (χ2n) is 4.70. The predicted octanol–water partition coefficient (Wildman–Crippen LogP) is 1.58. The Kier molecular flexibility index (Phi) is 3.38. The topological polar surface area (TPSA) is 63.8 Å². The Morgan fingerprint density at radius 1 is 1.50 bits per heavy atom. The molecule has 1 fully saturated rings. The number of rotatable bonds is 4. The summed E-state index contributed by atoms with van der Waals surface area (Å²) in [5, 5.41) is 10.5. The molecule has 1 N–H and O–H groups in total. The van der Waals surface area contributed by atoms with Crippen LogP contribution in [-0.2, 0) is 12.8 Å². The second kappa shape index (κ2) is 5.16. The lowest BCUT2D eigenvalue weighted by molar-refractivity contribution is 0.354. The minimum atomic E-state index is 0.639. The highest BCUT2D eigenvalue weighted by atomic mass is 32.1. The Bertz CT molecular complexity index is 516. The quantitative estimate of drug-likeness (QED) is 0.908. The molecule has 3 rings (SSSR count). The molecule has 1 unspecified atom stereocenters. The van der Waals surface area contributed by atoms with E-state index < -0.39 is 0 Å². The van der Waals surface area contributed by atoms with Gasteiger partial charge in [-0.1, -0.05) is 5.16 Å². The van der Waals surface area contributed by atoms with Gasteiger partial charge < -0.3 is 9.84 Å². The normalized spacial score (nSPS) is 19.5. The van der Waals surface area contributed by atoms with Crippen molar-refractivity contribution >= 4 is 11.3 Å². The molecule has 1 saturated heterocycles. The number of hydrogen-bond donors (Lipinski definition) is 1. The van der Waals surface area contributed by atoms with Crippen LogP contribution < -0.4 is 5.32 Å². The predicted molar refractivity (Wildman–Crippen MR) is 68.6 cm³/mol. The average molecular weight is 264 g/mol. The number of thiazole rings is 1. The summed E-state index contributed by atoms with van der Waals surface area (Å²) in [5.74, 6) is 2.13. The van der Waals surface area contributed by atoms with Crippen molar-refractivity contribution in [1.29, 1.82) is 0 Å². The third kappa shape index (κ3) is 2.76. The molecule has 18 heavy (non-hydrogen) atoms. The molecule has 2 aromatic heterocycles. The van der Waals surface area contributed by atoms with Crippen molar-refractivity contribution in [2.24, 2.45) is 5.92 Å². The summed E-state index contributed by atoms with van der Waals surface area (Å²) in [4.78, 5) is 8.84. The minimum absolute atomic E-state index is 0.639. The second-order valence-corrected chi connectivity index (χ2v) is 5.76. The molecule has 0 saturated carbocycles. The first-order valence-corrected chi connectivity index (χ1v) is 7.11. The number of aryl methyl sites for hydroxylation is 1. The molecule has 0 aliphatic carbocycles. The maximum Gasteiger partial charge on any atom is 0.226 e. The Morgan fingerprint density at radius 3 is 3.17 bits per heavy atom. The highest BCUT2D eigenvalue weighted by Crippen LogP contribution is 2.15. The number of aromatic nitrogens is 3. The van der Waals surface area contributed by atoms with Crippen molar-refractivity contribution in [3.05, 3.63) is 27.8 Å². The first-order chi connectivity index (χ1) is 8.79. The molecule has 5 nitrogen and oxygen atoms in total. The molecule has 1 atom stereocenters. The molecule has 3 heterocycles. The molecule has 1 aliphatic rings. The van der Waals surface area contributed by atoms with Crippen LogP contribution in [0.1, 0.15) is 28.8 Å². The maximum atomic E-state index is 5.29. The van der Waals surface area contributed by atoms with Crippen molar-refractivity contribution in [3.63, 3.8) is 0 Å². The van der Waals surface area contributed by atoms with Crippen LogP contribution in [0, 0.1) is 12.8 Å². The summed E-state index contributed by atoms with van der Waals surface area (Å²) in [6, 6.07) is 0. The Hall–Kier alpha value is -1.27. The SMILES string of the molecule is Cc1nc(Cc2noc(CC3CCNC3)n2)cs1. The minimum Gasteiger partial charge on any atom is -0.339 e. The fourth-order valence-corrected chi connectivity index (χ4v) is 2.84. The highest BCUT2D eigenvalue weighted by Gasteiger charge is 2.18. The molecular formula is C12H16N4OS. The third-order valence-electron chi connectivity index (χ3n) is 3.14. The first-order valence-electron chi connectivity index (χ1n) is 6.23. The van der Waals surface area contributed by atoms with Gasteiger partial charge in [0.15, 0.2) is 5.82 Å². The van der Waals surface area contributed by atoms with Crippen LogP contribution in [0.4, 0.5) is 0 Å². The molecule has 0 bridgehead atoms. The summed E-state index contributed by atoms with van der Waals surface area (Å²) < 4.78 is 5.29. The van der Waals surface area contributed by atoms with Gasteiger partial charge >= 0.3 is 0 Å². The van der Waals surface area contributed by atoms with Crippen molar-refractivity contribution in [2.45, 2.75) is 26.2 Å². The van der Waals surface area contributed by atoms with Gasteiger partial charge in [-0.2, -0.15) is 4.98 Å². The van der Waals surface area contributed by atoms with Crippen LogP contribution in [0.3, 0.4) is 0 Å². The number of hydrogen-bond acceptors (Lipinski definition) is 6. The van der Waals surface area contributed by atoms with Crippen molar-refractivity contribution in [3.8, 4) is 0 Å². The summed E-state index contributed by atoms with van der Waals surface area (Å²) in [6.45, 7) is 4.16. The zero-order valence-electron chi connectivity index (χ0n) is 10.3. The van der Waals surface area contributed by atoms with Gasteiger partial charge in [-0.05, 0) is 32.4 Å². The zero-order chi connectivity index (χ0) is 12.4. The fraction of sp³-hybridized carbons (Fsp3) is 0.583. The van der Waals surface area contributed by atoms with Crippen LogP contribution in [0.15, 0.2) is 9.90 Å². The smallest absolute Gasteiger partial charge is 0.226 e. The molecule has 0 spiro atoms. The first kappa shape index (κ1) is 11.8. The van der Waals surface area contributed by atoms with Crippen LogP contribution in [0.5, 0.6) is 0 Å². The molecule has 2 aromatic rings. The summed E-state index contributed by atoms with van der Waals surface area (Å²) in [6.07, 6.45) is 2.75. The van der Waals surface area contributed by atoms with Gasteiger partial charge in [0.05, 0.1) is 17.1 Å². The van der Waals surface area contributed by atoms with Crippen LogP contribution >= 0.6 is 11.3 Å². The van der Waals surface area contributed by atoms with Crippen LogP contribution in [-0.4, -0.2) is 28.2 Å². The van der Waals surface area contributed by atoms with Crippen molar-refractivity contribution < 1.29 is 4.52 Å². The van der Waals surface area contributed by atoms with Crippen molar-refractivity contribution in [2.75, 3.05) is 13.1 Å². The van der Waals surface area contributed by atoms with E-state index in [0.29, 0.717) is 12.3 Å². The summed E-state index contributed by atoms with van der Waals surface area (Å²) in [5.41, 5.74) is 1.02. The number of nitrogens with one attached hydrogen (secondary N) is 1. The van der Waals surface area contributed by atoms with Gasteiger partial charge in [-0.3, -0.25) is 0 Å². The number of nitrogens with zero attached hydrogens (tertiary/aromatic N) is 3. The van der Waals surface area contributed by atoms with Crippen LogP contribution in [0.2, 0.25) is 0 Å². The van der Waals surface area contributed by atoms with E-state index in [-0.39, 0.29) is 0 Å². The van der Waals surface area contributed by atoms with Gasteiger partial charge in [0, 0.05) is 11.8 Å². The Labute approximate surface area is 110 Å². The lowest BCUT2D eigenvalue weighted by atomic mass is 10.1. The van der Waals surface area contributed by atoms with Gasteiger partial charge in [0.25, 0.3) is 0 Å². The molecule has 0 amide bonds. The monoisotopic (exact) mass is 264 g/mol. The molecule has 1 aliphatic heterocycles. The van der Waals surface area contributed by atoms with Crippen LogP contribution in [0.25, 0.3) is 0 Å². The van der Waals surface area contributed by atoms with Crippen molar-refractivity contribution in [1.82, 2.24) is 20.4 Å². The lowest BCUT2D eigenvalue weighted by Gasteiger charge is -2.01. The average Bonchev–Trinajstić information content (AvgIpc) is 3.04. The van der Waals surface area contributed by atoms with E-state index in [2.05, 4.69) is 20.4 Å². The van der Waals surface area contributed by atoms with E-state index in [1.165, 1.54) is 6.42 Å². The molecule has 96 valence electrons. The highest BCUT2D eigenvalue weighted by molar-refractivity contribution is 7.09. The summed E-state index contributed by atoms with van der Waals surface area (Å²) in [7, 11) is 0. The molecule has 6 heteroatoms. The standard InChI is InChI=1S/C12H16N4OS/c1-8-14-10(7-18-8)5-11-15-12(17-16-11)4-9-2-3-13-6-9/h7,9,13H,2-6H2,1H3. The molecule has 0 radical (unpaired) electrons. The van der Waals surface area contributed by atoms with E-state index in [0.717, 1.165) is 41.9 Å². The third-order valence-corrected chi connectivity index (χ3v) is 3.96. The van der Waals surface area contributed by atoms with Gasteiger partial charge in [-0.15, -0.1) is 11.3 Å². The zero-order valence-corrected chi connectivity index (χ0v) is 11.2. The molecule has 0 aromatic carbocycles. The fourth-order valence-electron chi connectivity index (χ4n) is 2.23.